The molecule has 9 heteroatoms. The number of sulfonamides is 1. The fraction of sp³-hybridized carbons (Fsp3) is 0.379. The maximum atomic E-state index is 12.8. The van der Waals surface area contributed by atoms with Crippen LogP contribution < -0.4 is 4.72 Å². The first-order valence-corrected chi connectivity index (χ1v) is 14.2. The molecule has 0 aliphatic carbocycles. The third kappa shape index (κ3) is 8.93. The number of hydrogen-bond acceptors (Lipinski definition) is 5. The molecule has 0 aliphatic rings. The Morgan fingerprint density at radius 3 is 2.24 bits per heavy atom. The van der Waals surface area contributed by atoms with Crippen LogP contribution in [0.3, 0.4) is 0 Å². The van der Waals surface area contributed by atoms with Crippen molar-refractivity contribution >= 4 is 33.1 Å². The molecule has 0 aliphatic heterocycles. The lowest BCUT2D eigenvalue weighted by Crippen LogP contribution is -2.38. The van der Waals surface area contributed by atoms with Crippen LogP contribution in [0.4, 0.5) is 0 Å². The van der Waals surface area contributed by atoms with Gasteiger partial charge in [-0.2, -0.15) is 0 Å². The predicted molar refractivity (Wildman–Crippen MR) is 149 cm³/mol. The number of carbonyl (C=O) groups excluding carboxylic acids is 2. The van der Waals surface area contributed by atoms with Gasteiger partial charge in [0.15, 0.2) is 0 Å². The summed E-state index contributed by atoms with van der Waals surface area (Å²) in [7, 11) is -3.68. The zero-order chi connectivity index (χ0) is 27.8. The van der Waals surface area contributed by atoms with Crippen molar-refractivity contribution < 1.29 is 22.8 Å². The van der Waals surface area contributed by atoms with Gasteiger partial charge in [0, 0.05) is 26.6 Å². The highest BCUT2D eigenvalue weighted by Crippen LogP contribution is 2.19. The Morgan fingerprint density at radius 1 is 0.947 bits per heavy atom. The van der Waals surface area contributed by atoms with E-state index in [2.05, 4.69) is 4.72 Å². The molecule has 0 saturated heterocycles. The van der Waals surface area contributed by atoms with E-state index < -0.39 is 15.6 Å². The summed E-state index contributed by atoms with van der Waals surface area (Å²) in [4.78, 5) is 30.9. The fourth-order valence-corrected chi connectivity index (χ4v) is 5.12. The normalized spacial score (nSPS) is 11.9. The van der Waals surface area contributed by atoms with Gasteiger partial charge in [-0.3, -0.25) is 14.4 Å². The average Bonchev–Trinajstić information content (AvgIpc) is 2.87. The van der Waals surface area contributed by atoms with Crippen molar-refractivity contribution in [2.45, 2.75) is 57.6 Å². The highest BCUT2D eigenvalue weighted by atomic mass is 32.2. The number of nitrogens with one attached hydrogen (secondary N) is 1. The minimum Gasteiger partial charge on any atom is -0.342 e. The van der Waals surface area contributed by atoms with E-state index in [1.165, 1.54) is 12.0 Å². The molecule has 0 bridgehead atoms. The molecular formula is C29H37N3O5S. The summed E-state index contributed by atoms with van der Waals surface area (Å²) in [6, 6.07) is 20.6. The van der Waals surface area contributed by atoms with E-state index in [0.717, 1.165) is 34.7 Å². The highest BCUT2D eigenvalue weighted by Gasteiger charge is 2.17. The zero-order valence-corrected chi connectivity index (χ0v) is 23.3. The number of aryl methyl sites for hydroxylation is 1. The molecule has 204 valence electrons. The summed E-state index contributed by atoms with van der Waals surface area (Å²) in [5, 5.41) is 3.11. The Bertz CT molecular complexity index is 1330. The molecule has 2 amide bonds. The molecule has 8 nitrogen and oxygen atoms in total. The SMILES string of the molecule is CC(=O)N(CCCc1ccc(CN(C=O)OC(C)(C)C)cc1)CCNS(=O)(=O)c1ccc2ccccc2c1. The van der Waals surface area contributed by atoms with E-state index in [0.29, 0.717) is 19.5 Å². The van der Waals surface area contributed by atoms with Gasteiger partial charge in [-0.25, -0.2) is 18.2 Å². The van der Waals surface area contributed by atoms with Crippen molar-refractivity contribution in [3.05, 3.63) is 77.9 Å². The Kier molecular flexibility index (Phi) is 10.0. The number of amides is 2. The maximum absolute atomic E-state index is 12.8. The topological polar surface area (TPSA) is 96.0 Å². The van der Waals surface area contributed by atoms with E-state index in [9.17, 15) is 18.0 Å². The molecule has 0 unspecified atom stereocenters. The van der Waals surface area contributed by atoms with Crippen LogP contribution in [0.1, 0.15) is 45.2 Å². The van der Waals surface area contributed by atoms with E-state index in [4.69, 9.17) is 4.84 Å². The lowest BCUT2D eigenvalue weighted by atomic mass is 10.1. The number of hydrogen-bond donors (Lipinski definition) is 1. The molecule has 0 atom stereocenters. The summed E-state index contributed by atoms with van der Waals surface area (Å²) in [6.45, 7) is 8.45. The van der Waals surface area contributed by atoms with Crippen LogP contribution in [0.5, 0.6) is 0 Å². The van der Waals surface area contributed by atoms with Crippen LogP contribution >= 0.6 is 0 Å². The number of fused-ring (bicyclic) bond motifs is 1. The molecule has 3 aromatic rings. The van der Waals surface area contributed by atoms with Gasteiger partial charge in [-0.15, -0.1) is 0 Å². The van der Waals surface area contributed by atoms with Gasteiger partial charge in [-0.05, 0) is 67.6 Å². The summed E-state index contributed by atoms with van der Waals surface area (Å²) in [6.07, 6.45) is 2.18. The van der Waals surface area contributed by atoms with Crippen molar-refractivity contribution in [2.75, 3.05) is 19.6 Å². The minimum absolute atomic E-state index is 0.0990. The molecule has 0 heterocycles. The third-order valence-electron chi connectivity index (χ3n) is 5.91. The van der Waals surface area contributed by atoms with Crippen molar-refractivity contribution in [1.82, 2.24) is 14.7 Å². The Labute approximate surface area is 225 Å². The molecule has 3 rings (SSSR count). The van der Waals surface area contributed by atoms with E-state index in [1.54, 1.807) is 23.1 Å². The average molecular weight is 540 g/mol. The van der Waals surface area contributed by atoms with Crippen LogP contribution in [0, 0.1) is 0 Å². The number of rotatable bonds is 13. The monoisotopic (exact) mass is 539 g/mol. The van der Waals surface area contributed by atoms with Crippen LogP contribution in [0.15, 0.2) is 71.6 Å². The number of benzene rings is 3. The summed E-state index contributed by atoms with van der Waals surface area (Å²) < 4.78 is 28.1. The molecule has 0 aromatic heterocycles. The second-order valence-electron chi connectivity index (χ2n) is 10.2. The van der Waals surface area contributed by atoms with Gasteiger partial charge < -0.3 is 4.90 Å². The summed E-state index contributed by atoms with van der Waals surface area (Å²) in [5.41, 5.74) is 1.61. The smallest absolute Gasteiger partial charge is 0.240 e. The van der Waals surface area contributed by atoms with Gasteiger partial charge in [-0.1, -0.05) is 54.6 Å². The fourth-order valence-electron chi connectivity index (χ4n) is 4.07. The number of hydroxylamine groups is 2. The standard InChI is InChI=1S/C29H37N3O5S/c1-23(34)31(19-17-30-38(35,36)28-16-15-26-9-5-6-10-27(26)20-28)18-7-8-24-11-13-25(14-12-24)21-32(22-33)37-29(2,3)4/h5-6,9-16,20,22,30H,7-8,17-19,21H2,1-4H3. The van der Waals surface area contributed by atoms with Gasteiger partial charge in [0.05, 0.1) is 17.0 Å². The first-order valence-electron chi connectivity index (χ1n) is 12.7. The van der Waals surface area contributed by atoms with Crippen LogP contribution in [-0.2, 0) is 37.4 Å². The van der Waals surface area contributed by atoms with Crippen molar-refractivity contribution in [3.63, 3.8) is 0 Å². The van der Waals surface area contributed by atoms with Gasteiger partial charge in [0.1, 0.15) is 0 Å². The first-order chi connectivity index (χ1) is 18.0. The van der Waals surface area contributed by atoms with Gasteiger partial charge in [0.2, 0.25) is 22.3 Å². The molecule has 1 N–H and O–H groups in total. The molecule has 3 aromatic carbocycles. The Balaban J connectivity index is 1.47. The predicted octanol–water partition coefficient (Wildman–Crippen LogP) is 4.29. The third-order valence-corrected chi connectivity index (χ3v) is 7.37. The lowest BCUT2D eigenvalue weighted by Gasteiger charge is -2.26. The molecule has 0 fully saturated rings. The maximum Gasteiger partial charge on any atom is 0.240 e. The van der Waals surface area contributed by atoms with Crippen LogP contribution in [0.2, 0.25) is 0 Å². The molecule has 0 saturated carbocycles. The highest BCUT2D eigenvalue weighted by molar-refractivity contribution is 7.89. The molecule has 0 radical (unpaired) electrons. The number of carbonyl (C=O) groups is 2. The summed E-state index contributed by atoms with van der Waals surface area (Å²) >= 11 is 0. The second kappa shape index (κ2) is 13.0. The Morgan fingerprint density at radius 2 is 1.61 bits per heavy atom. The lowest BCUT2D eigenvalue weighted by molar-refractivity contribution is -0.220. The number of nitrogens with zero attached hydrogens (tertiary/aromatic N) is 2. The second-order valence-corrected chi connectivity index (χ2v) is 12.0. The quantitative estimate of drug-likeness (QED) is 0.258. The van der Waals surface area contributed by atoms with Crippen LogP contribution in [-0.4, -0.2) is 55.9 Å². The van der Waals surface area contributed by atoms with E-state index >= 15 is 0 Å². The van der Waals surface area contributed by atoms with Gasteiger partial charge in [0.25, 0.3) is 0 Å². The van der Waals surface area contributed by atoms with E-state index in [1.807, 2.05) is 69.3 Å². The van der Waals surface area contributed by atoms with Crippen molar-refractivity contribution in [2.24, 2.45) is 0 Å². The Hall–Kier alpha value is -3.27. The van der Waals surface area contributed by atoms with Gasteiger partial charge >= 0.3 is 0 Å². The largest absolute Gasteiger partial charge is 0.342 e. The van der Waals surface area contributed by atoms with Crippen molar-refractivity contribution in [1.29, 1.82) is 0 Å². The molecule has 0 spiro atoms. The van der Waals surface area contributed by atoms with Crippen LogP contribution in [0.25, 0.3) is 10.8 Å². The molecule has 38 heavy (non-hydrogen) atoms. The van der Waals surface area contributed by atoms with Crippen molar-refractivity contribution in [3.8, 4) is 0 Å². The molecular weight excluding hydrogens is 502 g/mol. The zero-order valence-electron chi connectivity index (χ0n) is 22.5. The summed E-state index contributed by atoms with van der Waals surface area (Å²) in [5.74, 6) is -0.0990. The minimum atomic E-state index is -3.68. The van der Waals surface area contributed by atoms with E-state index in [-0.39, 0.29) is 23.9 Å². The first kappa shape index (κ1) is 29.3.